The third kappa shape index (κ3) is 21.6. The number of allylic oxidation sites excluding steroid dienone is 2. The molecule has 0 aromatic rings. The first kappa shape index (κ1) is 66.4. The second-order valence-electron chi connectivity index (χ2n) is 20.9. The van der Waals surface area contributed by atoms with Crippen molar-refractivity contribution in [3.05, 3.63) is 12.2 Å². The molecule has 8 atom stereocenters. The molecule has 72 heavy (non-hydrogen) atoms. The van der Waals surface area contributed by atoms with E-state index in [0.717, 1.165) is 4.90 Å². The fourth-order valence-corrected chi connectivity index (χ4v) is 7.80. The summed E-state index contributed by atoms with van der Waals surface area (Å²) in [5.74, 6) is -6.09. The van der Waals surface area contributed by atoms with Crippen LogP contribution in [0.2, 0.25) is 0 Å². The Balaban J connectivity index is 6.40. The highest BCUT2D eigenvalue weighted by Crippen LogP contribution is 2.21. The highest BCUT2D eigenvalue weighted by Gasteiger charge is 2.39. The highest BCUT2D eigenvalue weighted by molar-refractivity contribution is 5.97. The summed E-state index contributed by atoms with van der Waals surface area (Å²) in [6.45, 7) is 20.4. The van der Waals surface area contributed by atoms with Crippen molar-refractivity contribution in [2.24, 2.45) is 35.3 Å². The Kier molecular flexibility index (Phi) is 29.3. The van der Waals surface area contributed by atoms with Crippen molar-refractivity contribution in [2.75, 3.05) is 69.0 Å². The second-order valence-corrected chi connectivity index (χ2v) is 20.9. The van der Waals surface area contributed by atoms with E-state index in [1.54, 1.807) is 13.8 Å². The van der Waals surface area contributed by atoms with Gasteiger partial charge < -0.3 is 55.8 Å². The summed E-state index contributed by atoms with van der Waals surface area (Å²) >= 11 is 0. The number of rotatable bonds is 30. The Morgan fingerprint density at radius 2 is 0.972 bits per heavy atom. The van der Waals surface area contributed by atoms with Crippen LogP contribution in [-0.2, 0) is 52.7 Å². The van der Waals surface area contributed by atoms with E-state index >= 15 is 0 Å². The zero-order valence-corrected chi connectivity index (χ0v) is 47.0. The Morgan fingerprint density at radius 3 is 1.46 bits per heavy atom. The average molecular weight is 1020 g/mol. The molecule has 0 aliphatic carbocycles. The van der Waals surface area contributed by atoms with Gasteiger partial charge >= 0.3 is 5.97 Å². The van der Waals surface area contributed by atoms with Gasteiger partial charge in [-0.1, -0.05) is 74.5 Å². The predicted octanol–water partition coefficient (Wildman–Crippen LogP) is 1.62. The van der Waals surface area contributed by atoms with E-state index in [1.807, 2.05) is 67.5 Å². The first-order chi connectivity index (χ1) is 33.2. The van der Waals surface area contributed by atoms with E-state index in [4.69, 9.17) is 5.73 Å². The normalized spacial score (nSPS) is 14.8. The summed E-state index contributed by atoms with van der Waals surface area (Å²) in [5.41, 5.74) is 6.12. The molecule has 0 rings (SSSR count). The molecule has 0 aromatic heterocycles. The van der Waals surface area contributed by atoms with Crippen molar-refractivity contribution >= 4 is 59.1 Å². The van der Waals surface area contributed by atoms with Crippen LogP contribution in [0.5, 0.6) is 0 Å². The molecule has 1 unspecified atom stereocenters. The number of carbonyl (C=O) groups is 10. The number of nitrogens with two attached hydrogens (primary N) is 1. The van der Waals surface area contributed by atoms with Gasteiger partial charge in [-0.2, -0.15) is 0 Å². The third-order valence-corrected chi connectivity index (χ3v) is 12.6. The molecule has 412 valence electrons. The van der Waals surface area contributed by atoms with Crippen molar-refractivity contribution in [3.8, 4) is 0 Å². The van der Waals surface area contributed by atoms with E-state index < -0.39 is 115 Å². The molecule has 21 nitrogen and oxygen atoms in total. The van der Waals surface area contributed by atoms with Crippen LogP contribution in [-0.4, -0.2) is 200 Å². The number of esters is 1. The molecular weight excluding hydrogens is 929 g/mol. The van der Waals surface area contributed by atoms with Gasteiger partial charge in [-0.15, -0.1) is 0 Å². The number of carbonyl (C=O) groups excluding carboxylic acids is 10. The summed E-state index contributed by atoms with van der Waals surface area (Å²) in [6, 6.07) is -7.17. The molecule has 0 spiro atoms. The maximum atomic E-state index is 14.6. The summed E-state index contributed by atoms with van der Waals surface area (Å²) in [4.78, 5) is 143. The average Bonchev–Trinajstić information content (AvgIpc) is 3.31. The molecule has 0 fully saturated rings. The van der Waals surface area contributed by atoms with Gasteiger partial charge in [0.15, 0.2) is 0 Å². The third-order valence-electron chi connectivity index (χ3n) is 12.6. The first-order valence-corrected chi connectivity index (χ1v) is 25.1. The van der Waals surface area contributed by atoms with Crippen LogP contribution in [0.3, 0.4) is 0 Å². The van der Waals surface area contributed by atoms with E-state index in [2.05, 4.69) is 20.7 Å². The lowest BCUT2D eigenvalue weighted by Gasteiger charge is -2.38. The molecule has 0 aromatic carbocycles. The standard InChI is InChI=1S/C51H92N10O11/c1-20-21-22-34(10)26-38(46(66)53-27-41(62)56(13)29-43(64)72-19)58(15)42(63)28-57(14)49(69)39(24-31(4)5)61(18)50(70)40(25-32(6)7)60(17)48(68)36(12)55-45(65)35(11)54-47(67)37(23-30(2)3)59(16)51(71)44(52)33(8)9/h20-21,30-40,44H,22-29,52H2,1-19H3,(H,53,66)(H,54,67)(H,55,65)/b21-20+/t34-,35+,36-,37+,38+,39+,40+,44?/m1/s1. The van der Waals surface area contributed by atoms with Gasteiger partial charge in [0.1, 0.15) is 42.8 Å². The molecule has 0 heterocycles. The first-order valence-electron chi connectivity index (χ1n) is 25.1. The van der Waals surface area contributed by atoms with Crippen LogP contribution in [0.1, 0.15) is 115 Å². The van der Waals surface area contributed by atoms with E-state index in [9.17, 15) is 47.9 Å². The quantitative estimate of drug-likeness (QED) is 0.0592. The minimum absolute atomic E-state index is 0.0225. The lowest BCUT2D eigenvalue weighted by atomic mass is 9.96. The van der Waals surface area contributed by atoms with Crippen LogP contribution in [0.25, 0.3) is 0 Å². The molecule has 0 bridgehead atoms. The van der Waals surface area contributed by atoms with Gasteiger partial charge in [0, 0.05) is 42.3 Å². The number of likely N-dealkylation sites (N-methyl/N-ethyl adjacent to an activating group) is 6. The lowest BCUT2D eigenvalue weighted by molar-refractivity contribution is -0.152. The maximum Gasteiger partial charge on any atom is 0.325 e. The number of nitrogens with zero attached hydrogens (tertiary/aromatic N) is 6. The number of methoxy groups -OCH3 is 1. The Hall–Kier alpha value is -5.60. The van der Waals surface area contributed by atoms with E-state index in [1.165, 1.54) is 87.7 Å². The molecule has 9 amide bonds. The molecule has 5 N–H and O–H groups in total. The molecule has 21 heteroatoms. The van der Waals surface area contributed by atoms with Crippen molar-refractivity contribution in [1.82, 2.24) is 45.3 Å². The van der Waals surface area contributed by atoms with Crippen molar-refractivity contribution < 1.29 is 52.7 Å². The maximum absolute atomic E-state index is 14.6. The Bertz CT molecular complexity index is 1870. The summed E-state index contributed by atoms with van der Waals surface area (Å²) in [6.07, 6.45) is 5.37. The monoisotopic (exact) mass is 1020 g/mol. The lowest BCUT2D eigenvalue weighted by Crippen LogP contribution is -2.59. The molecule has 0 saturated heterocycles. The summed E-state index contributed by atoms with van der Waals surface area (Å²) in [7, 11) is 9.89. The number of hydrogen-bond donors (Lipinski definition) is 4. The van der Waals surface area contributed by atoms with Crippen LogP contribution in [0.4, 0.5) is 0 Å². The minimum Gasteiger partial charge on any atom is -0.468 e. The zero-order valence-electron chi connectivity index (χ0n) is 47.0. The fourth-order valence-electron chi connectivity index (χ4n) is 7.80. The van der Waals surface area contributed by atoms with Gasteiger partial charge in [0.25, 0.3) is 0 Å². The zero-order chi connectivity index (χ0) is 56.1. The molecule has 0 aliphatic heterocycles. The summed E-state index contributed by atoms with van der Waals surface area (Å²) in [5, 5.41) is 7.91. The predicted molar refractivity (Wildman–Crippen MR) is 276 cm³/mol. The number of nitrogens with one attached hydrogen (secondary N) is 3. The SMILES string of the molecule is C/C=C/C[C@@H](C)C[C@@H](C(=O)NCC(=O)N(C)CC(=O)OC)N(C)C(=O)CN(C)C(=O)[C@H](CC(C)C)N(C)C(=O)[C@H](CC(C)C)N(C)C(=O)[C@@H](C)NC(=O)[C@H](C)NC(=O)[C@H](CC(C)C)N(C)C(=O)C(N)C(C)C. The second kappa shape index (κ2) is 31.8. The number of hydrogen-bond acceptors (Lipinski definition) is 12. The smallest absolute Gasteiger partial charge is 0.325 e. The van der Waals surface area contributed by atoms with Crippen molar-refractivity contribution in [2.45, 2.75) is 157 Å². The number of ether oxygens (including phenoxy) is 1. The van der Waals surface area contributed by atoms with Gasteiger partial charge in [0.05, 0.1) is 26.2 Å². The van der Waals surface area contributed by atoms with Gasteiger partial charge in [-0.25, -0.2) is 0 Å². The largest absolute Gasteiger partial charge is 0.468 e. The van der Waals surface area contributed by atoms with E-state index in [0.29, 0.717) is 12.8 Å². The minimum atomic E-state index is -1.15. The van der Waals surface area contributed by atoms with E-state index in [-0.39, 0.29) is 55.4 Å². The van der Waals surface area contributed by atoms with Crippen molar-refractivity contribution in [1.29, 1.82) is 0 Å². The Labute approximate surface area is 430 Å². The Morgan fingerprint density at radius 1 is 0.514 bits per heavy atom. The fraction of sp³-hybridized carbons (Fsp3) is 0.765. The highest BCUT2D eigenvalue weighted by atomic mass is 16.5. The molecule has 0 saturated carbocycles. The van der Waals surface area contributed by atoms with Crippen LogP contribution >= 0.6 is 0 Å². The topological polar surface area (TPSA) is 261 Å². The van der Waals surface area contributed by atoms with Crippen LogP contribution in [0.15, 0.2) is 12.2 Å². The van der Waals surface area contributed by atoms with Crippen LogP contribution < -0.4 is 21.7 Å². The summed E-state index contributed by atoms with van der Waals surface area (Å²) < 4.78 is 4.62. The molecule has 0 aliphatic rings. The van der Waals surface area contributed by atoms with Crippen molar-refractivity contribution in [3.63, 3.8) is 0 Å². The molecular formula is C51H92N10O11. The molecule has 0 radical (unpaired) electrons. The number of amides is 9. The van der Waals surface area contributed by atoms with Gasteiger partial charge in [0.2, 0.25) is 53.2 Å². The van der Waals surface area contributed by atoms with Gasteiger partial charge in [-0.3, -0.25) is 47.9 Å². The van der Waals surface area contributed by atoms with Gasteiger partial charge in [-0.05, 0) is 82.5 Å². The van der Waals surface area contributed by atoms with Crippen LogP contribution in [0, 0.1) is 29.6 Å².